The Balaban J connectivity index is 1.91. The van der Waals surface area contributed by atoms with Gasteiger partial charge in [0.15, 0.2) is 0 Å². The average Bonchev–Trinajstić information content (AvgIpc) is 2.68. The lowest BCUT2D eigenvalue weighted by Crippen LogP contribution is -2.07. The van der Waals surface area contributed by atoms with E-state index in [1.165, 1.54) is 10.5 Å². The summed E-state index contributed by atoms with van der Waals surface area (Å²) in [6.07, 6.45) is 1.49. The van der Waals surface area contributed by atoms with Crippen LogP contribution in [0.25, 0.3) is 0 Å². The summed E-state index contributed by atoms with van der Waals surface area (Å²) in [6.45, 7) is 15.7. The number of hydrogen-bond donors (Lipinski definition) is 0. The zero-order chi connectivity index (χ0) is 21.2. The van der Waals surface area contributed by atoms with Gasteiger partial charge in [-0.1, -0.05) is 55.8 Å². The Morgan fingerprint density at radius 2 is 1.34 bits per heavy atom. The Kier molecular flexibility index (Phi) is 8.81. The zero-order valence-electron chi connectivity index (χ0n) is 17.2. The molecule has 152 valence electrons. The molecule has 0 heterocycles. The third kappa shape index (κ3) is 8.04. The zero-order valence-corrected chi connectivity index (χ0v) is 18.0. The van der Waals surface area contributed by atoms with E-state index in [0.717, 1.165) is 22.5 Å². The van der Waals surface area contributed by atoms with Crippen LogP contribution in [-0.2, 0) is 27.1 Å². The van der Waals surface area contributed by atoms with E-state index < -0.39 is 0 Å². The maximum atomic E-state index is 11.5. The number of benzene rings is 2. The Morgan fingerprint density at radius 3 is 1.83 bits per heavy atom. The molecule has 2 aromatic rings. The Bertz CT molecular complexity index is 825. The lowest BCUT2D eigenvalue weighted by Gasteiger charge is -2.10. The first-order valence-electron chi connectivity index (χ1n) is 9.51. The van der Waals surface area contributed by atoms with Crippen molar-refractivity contribution >= 4 is 17.7 Å². The molecule has 0 saturated heterocycles. The second-order valence-corrected chi connectivity index (χ2v) is 8.01. The van der Waals surface area contributed by atoms with Crippen molar-refractivity contribution in [2.45, 2.75) is 36.5 Å². The largest absolute Gasteiger partial charge is 0.494 e. The molecule has 2 aromatic carbocycles. The fourth-order valence-corrected chi connectivity index (χ4v) is 3.45. The smallest absolute Gasteiger partial charge is 0.333 e. The summed E-state index contributed by atoms with van der Waals surface area (Å²) in [5.41, 5.74) is 3.62. The fourth-order valence-electron chi connectivity index (χ4n) is 2.47. The SMILES string of the molecule is C=C(C)C(=C)OCCc1cccc(Sc2cccc(CCOC(=O)C(=C)C)c2)c1. The van der Waals surface area contributed by atoms with E-state index in [-0.39, 0.29) is 5.97 Å². The van der Waals surface area contributed by atoms with Gasteiger partial charge >= 0.3 is 5.97 Å². The van der Waals surface area contributed by atoms with E-state index in [9.17, 15) is 4.79 Å². The van der Waals surface area contributed by atoms with Gasteiger partial charge in [-0.15, -0.1) is 0 Å². The van der Waals surface area contributed by atoms with E-state index in [0.29, 0.717) is 31.0 Å². The normalized spacial score (nSPS) is 10.3. The molecular weight excluding hydrogens is 380 g/mol. The number of carbonyl (C=O) groups is 1. The maximum Gasteiger partial charge on any atom is 0.333 e. The first-order valence-corrected chi connectivity index (χ1v) is 10.3. The minimum Gasteiger partial charge on any atom is -0.494 e. The molecule has 3 nitrogen and oxygen atoms in total. The molecule has 0 fully saturated rings. The van der Waals surface area contributed by atoms with Crippen molar-refractivity contribution < 1.29 is 14.3 Å². The molecule has 0 aliphatic carbocycles. The number of hydrogen-bond acceptors (Lipinski definition) is 4. The highest BCUT2D eigenvalue weighted by Crippen LogP contribution is 2.29. The highest BCUT2D eigenvalue weighted by Gasteiger charge is 2.05. The van der Waals surface area contributed by atoms with Crippen molar-refractivity contribution in [3.05, 3.63) is 96.3 Å². The third-order valence-corrected chi connectivity index (χ3v) is 5.13. The Hall–Kier alpha value is -2.72. The van der Waals surface area contributed by atoms with E-state index in [1.807, 2.05) is 19.1 Å². The van der Waals surface area contributed by atoms with Gasteiger partial charge in [0.25, 0.3) is 0 Å². The van der Waals surface area contributed by atoms with Gasteiger partial charge in [-0.2, -0.15) is 0 Å². The Labute approximate surface area is 178 Å². The van der Waals surface area contributed by atoms with E-state index in [2.05, 4.69) is 56.1 Å². The van der Waals surface area contributed by atoms with E-state index in [1.54, 1.807) is 18.7 Å². The van der Waals surface area contributed by atoms with E-state index >= 15 is 0 Å². The van der Waals surface area contributed by atoms with Crippen molar-refractivity contribution in [2.75, 3.05) is 13.2 Å². The summed E-state index contributed by atoms with van der Waals surface area (Å²) in [5, 5.41) is 0. The molecule has 0 atom stereocenters. The summed E-state index contributed by atoms with van der Waals surface area (Å²) < 4.78 is 10.8. The molecule has 0 aliphatic heterocycles. The number of esters is 1. The monoisotopic (exact) mass is 408 g/mol. The van der Waals surface area contributed by atoms with Crippen molar-refractivity contribution in [1.82, 2.24) is 0 Å². The van der Waals surface area contributed by atoms with Crippen LogP contribution in [0.2, 0.25) is 0 Å². The molecular formula is C25H28O3S. The van der Waals surface area contributed by atoms with Crippen molar-refractivity contribution in [3.63, 3.8) is 0 Å². The topological polar surface area (TPSA) is 35.5 Å². The van der Waals surface area contributed by atoms with Gasteiger partial charge in [0, 0.05) is 28.2 Å². The minimum absolute atomic E-state index is 0.344. The lowest BCUT2D eigenvalue weighted by atomic mass is 10.2. The molecule has 0 spiro atoms. The van der Waals surface area contributed by atoms with Crippen LogP contribution in [-0.4, -0.2) is 19.2 Å². The maximum absolute atomic E-state index is 11.5. The second-order valence-electron chi connectivity index (χ2n) is 6.87. The predicted octanol–water partition coefficient (Wildman–Crippen LogP) is 6.15. The van der Waals surface area contributed by atoms with Gasteiger partial charge in [-0.3, -0.25) is 0 Å². The van der Waals surface area contributed by atoms with Crippen LogP contribution in [0.3, 0.4) is 0 Å². The summed E-state index contributed by atoms with van der Waals surface area (Å²) in [7, 11) is 0. The fraction of sp³-hybridized carbons (Fsp3) is 0.240. The highest BCUT2D eigenvalue weighted by molar-refractivity contribution is 7.99. The molecule has 0 radical (unpaired) electrons. The van der Waals surface area contributed by atoms with Crippen LogP contribution in [0.4, 0.5) is 0 Å². The summed E-state index contributed by atoms with van der Waals surface area (Å²) >= 11 is 1.71. The second kappa shape index (κ2) is 11.3. The number of rotatable bonds is 11. The van der Waals surface area contributed by atoms with Gasteiger partial charge in [0.05, 0.1) is 13.2 Å². The van der Waals surface area contributed by atoms with E-state index in [4.69, 9.17) is 9.47 Å². The van der Waals surface area contributed by atoms with Crippen molar-refractivity contribution in [2.24, 2.45) is 0 Å². The molecule has 4 heteroatoms. The van der Waals surface area contributed by atoms with Crippen molar-refractivity contribution in [1.29, 1.82) is 0 Å². The molecule has 29 heavy (non-hydrogen) atoms. The van der Waals surface area contributed by atoms with Crippen LogP contribution in [0.15, 0.2) is 95.0 Å². The van der Waals surface area contributed by atoms with Crippen LogP contribution < -0.4 is 0 Å². The van der Waals surface area contributed by atoms with Gasteiger partial charge in [-0.25, -0.2) is 4.79 Å². The summed E-state index contributed by atoms with van der Waals surface area (Å²) in [6, 6.07) is 16.7. The molecule has 2 rings (SSSR count). The van der Waals surface area contributed by atoms with Crippen LogP contribution in [0.5, 0.6) is 0 Å². The first-order chi connectivity index (χ1) is 13.8. The summed E-state index contributed by atoms with van der Waals surface area (Å²) in [5.74, 6) is 0.296. The molecule has 0 saturated carbocycles. The van der Waals surface area contributed by atoms with Gasteiger partial charge in [-0.05, 0) is 54.8 Å². The Morgan fingerprint density at radius 1 is 0.828 bits per heavy atom. The van der Waals surface area contributed by atoms with Gasteiger partial charge in [0.1, 0.15) is 5.76 Å². The highest BCUT2D eigenvalue weighted by atomic mass is 32.2. The minimum atomic E-state index is -0.344. The molecule has 0 unspecified atom stereocenters. The average molecular weight is 409 g/mol. The van der Waals surface area contributed by atoms with Crippen LogP contribution in [0.1, 0.15) is 25.0 Å². The van der Waals surface area contributed by atoms with Gasteiger partial charge < -0.3 is 9.47 Å². The molecule has 0 amide bonds. The molecule has 0 N–H and O–H groups in total. The lowest BCUT2D eigenvalue weighted by molar-refractivity contribution is -0.138. The number of allylic oxidation sites excluding steroid dienone is 1. The third-order valence-electron chi connectivity index (χ3n) is 4.15. The standard InChI is InChI=1S/C25H28O3S/c1-18(2)20(5)27-14-12-21-8-6-10-23(16-21)29-24-11-7-9-22(17-24)13-15-28-25(26)19(3)4/h6-11,16-17H,1,3,5,12-15H2,2,4H3. The van der Waals surface area contributed by atoms with Crippen LogP contribution >= 0.6 is 11.8 Å². The van der Waals surface area contributed by atoms with Gasteiger partial charge in [0.2, 0.25) is 0 Å². The quantitative estimate of drug-likeness (QED) is 0.193. The van der Waals surface area contributed by atoms with Crippen LogP contribution in [0, 0.1) is 0 Å². The molecule has 0 aromatic heterocycles. The molecule has 0 bridgehead atoms. The summed E-state index contributed by atoms with van der Waals surface area (Å²) in [4.78, 5) is 13.8. The first kappa shape index (κ1) is 22.6. The molecule has 0 aliphatic rings. The number of ether oxygens (including phenoxy) is 2. The number of carbonyl (C=O) groups excluding carboxylic acids is 1. The predicted molar refractivity (Wildman–Crippen MR) is 120 cm³/mol. The van der Waals surface area contributed by atoms with Crippen molar-refractivity contribution in [3.8, 4) is 0 Å².